The predicted molar refractivity (Wildman–Crippen MR) is 68.3 cm³/mol. The first-order chi connectivity index (χ1) is 8.25. The van der Waals surface area contributed by atoms with Gasteiger partial charge in [0.25, 0.3) is 0 Å². The molecule has 0 saturated carbocycles. The lowest BCUT2D eigenvalue weighted by Gasteiger charge is -2.07. The number of halogens is 1. The molecule has 2 heterocycles. The van der Waals surface area contributed by atoms with Crippen LogP contribution in [0, 0.1) is 0 Å². The Labute approximate surface area is 103 Å². The van der Waals surface area contributed by atoms with Crippen LogP contribution in [-0.4, -0.2) is 14.8 Å². The standard InChI is InChI=1S/C12H9ClN4/c13-8-6-16-17(7-8)11-4-3-10(14)12-9(11)2-1-5-15-12/h1-7H,14H2. The number of benzene rings is 1. The van der Waals surface area contributed by atoms with Crippen LogP contribution in [0.15, 0.2) is 42.9 Å². The molecule has 2 aromatic heterocycles. The van der Waals surface area contributed by atoms with Gasteiger partial charge in [0, 0.05) is 17.8 Å². The molecule has 0 unspecified atom stereocenters. The molecule has 2 N–H and O–H groups in total. The molecule has 0 atom stereocenters. The minimum atomic E-state index is 0.596. The highest BCUT2D eigenvalue weighted by Gasteiger charge is 2.07. The van der Waals surface area contributed by atoms with E-state index < -0.39 is 0 Å². The summed E-state index contributed by atoms with van der Waals surface area (Å²) in [5, 5.41) is 5.73. The average Bonchev–Trinajstić information content (AvgIpc) is 2.77. The maximum atomic E-state index is 5.89. The van der Waals surface area contributed by atoms with Crippen molar-refractivity contribution in [1.29, 1.82) is 0 Å². The van der Waals surface area contributed by atoms with Crippen molar-refractivity contribution in [2.75, 3.05) is 5.73 Å². The van der Waals surface area contributed by atoms with E-state index >= 15 is 0 Å². The molecule has 0 spiro atoms. The van der Waals surface area contributed by atoms with Crippen LogP contribution in [0.4, 0.5) is 5.69 Å². The van der Waals surface area contributed by atoms with E-state index in [2.05, 4.69) is 10.1 Å². The number of hydrogen-bond acceptors (Lipinski definition) is 3. The van der Waals surface area contributed by atoms with Gasteiger partial charge in [0.05, 0.1) is 28.1 Å². The lowest BCUT2D eigenvalue weighted by atomic mass is 10.1. The Morgan fingerprint density at radius 2 is 2.12 bits per heavy atom. The highest BCUT2D eigenvalue weighted by Crippen LogP contribution is 2.25. The van der Waals surface area contributed by atoms with Crippen molar-refractivity contribution in [1.82, 2.24) is 14.8 Å². The second-order valence-electron chi connectivity index (χ2n) is 3.68. The normalized spacial score (nSPS) is 10.9. The van der Waals surface area contributed by atoms with E-state index in [1.54, 1.807) is 23.3 Å². The van der Waals surface area contributed by atoms with Crippen molar-refractivity contribution >= 4 is 28.2 Å². The van der Waals surface area contributed by atoms with Crippen molar-refractivity contribution in [3.63, 3.8) is 0 Å². The molecule has 0 amide bonds. The molecule has 0 aliphatic rings. The fraction of sp³-hybridized carbons (Fsp3) is 0. The summed E-state index contributed by atoms with van der Waals surface area (Å²) in [6, 6.07) is 7.56. The molecule has 0 radical (unpaired) electrons. The summed E-state index contributed by atoms with van der Waals surface area (Å²) in [6.45, 7) is 0. The van der Waals surface area contributed by atoms with Gasteiger partial charge in [-0.15, -0.1) is 0 Å². The molecule has 84 valence electrons. The number of nitrogens with zero attached hydrogens (tertiary/aromatic N) is 3. The smallest absolute Gasteiger partial charge is 0.0952 e. The number of hydrogen-bond donors (Lipinski definition) is 1. The van der Waals surface area contributed by atoms with Crippen molar-refractivity contribution in [2.45, 2.75) is 0 Å². The van der Waals surface area contributed by atoms with Gasteiger partial charge in [0.2, 0.25) is 0 Å². The number of pyridine rings is 1. The lowest BCUT2D eigenvalue weighted by Crippen LogP contribution is -1.98. The molecule has 0 aliphatic carbocycles. The third-order valence-corrected chi connectivity index (χ3v) is 2.77. The Balaban J connectivity index is 2.34. The Kier molecular flexibility index (Phi) is 2.23. The van der Waals surface area contributed by atoms with Gasteiger partial charge in [-0.3, -0.25) is 4.98 Å². The van der Waals surface area contributed by atoms with Crippen LogP contribution in [0.1, 0.15) is 0 Å². The molecule has 17 heavy (non-hydrogen) atoms. The topological polar surface area (TPSA) is 56.7 Å². The summed E-state index contributed by atoms with van der Waals surface area (Å²) in [5.41, 5.74) is 8.23. The van der Waals surface area contributed by atoms with Crippen LogP contribution in [0.2, 0.25) is 5.02 Å². The maximum absolute atomic E-state index is 5.89. The zero-order valence-corrected chi connectivity index (χ0v) is 9.59. The van der Waals surface area contributed by atoms with E-state index in [0.29, 0.717) is 10.7 Å². The summed E-state index contributed by atoms with van der Waals surface area (Å²) in [5.74, 6) is 0. The minimum Gasteiger partial charge on any atom is -0.397 e. The SMILES string of the molecule is Nc1ccc(-n2cc(Cl)cn2)c2cccnc12. The molecule has 0 aliphatic heterocycles. The molecule has 0 saturated heterocycles. The number of nitrogen functional groups attached to an aromatic ring is 1. The molecular weight excluding hydrogens is 236 g/mol. The van der Waals surface area contributed by atoms with Gasteiger partial charge in [-0.1, -0.05) is 11.6 Å². The summed E-state index contributed by atoms with van der Waals surface area (Å²) in [4.78, 5) is 4.27. The molecular formula is C12H9ClN4. The molecule has 4 nitrogen and oxygen atoms in total. The summed E-state index contributed by atoms with van der Waals surface area (Å²) >= 11 is 5.87. The average molecular weight is 245 g/mol. The fourth-order valence-electron chi connectivity index (χ4n) is 1.81. The van der Waals surface area contributed by atoms with Crippen LogP contribution in [0.25, 0.3) is 16.6 Å². The van der Waals surface area contributed by atoms with E-state index in [4.69, 9.17) is 17.3 Å². The van der Waals surface area contributed by atoms with Gasteiger partial charge in [0.1, 0.15) is 0 Å². The molecule has 5 heteroatoms. The van der Waals surface area contributed by atoms with E-state index in [1.165, 1.54) is 0 Å². The van der Waals surface area contributed by atoms with Crippen LogP contribution in [0.3, 0.4) is 0 Å². The largest absolute Gasteiger partial charge is 0.397 e. The Morgan fingerprint density at radius 3 is 2.88 bits per heavy atom. The maximum Gasteiger partial charge on any atom is 0.0952 e. The van der Waals surface area contributed by atoms with Gasteiger partial charge in [0.15, 0.2) is 0 Å². The van der Waals surface area contributed by atoms with Crippen molar-refractivity contribution in [3.8, 4) is 5.69 Å². The van der Waals surface area contributed by atoms with E-state index in [0.717, 1.165) is 16.6 Å². The van der Waals surface area contributed by atoms with E-state index in [1.807, 2.05) is 24.3 Å². The van der Waals surface area contributed by atoms with Gasteiger partial charge in [-0.05, 0) is 24.3 Å². The number of anilines is 1. The number of nitrogens with two attached hydrogens (primary N) is 1. The van der Waals surface area contributed by atoms with E-state index in [-0.39, 0.29) is 0 Å². The summed E-state index contributed by atoms with van der Waals surface area (Å²) in [7, 11) is 0. The van der Waals surface area contributed by atoms with Crippen LogP contribution in [0.5, 0.6) is 0 Å². The third-order valence-electron chi connectivity index (χ3n) is 2.58. The zero-order valence-electron chi connectivity index (χ0n) is 8.84. The minimum absolute atomic E-state index is 0.596. The Bertz CT molecular complexity index is 690. The second-order valence-corrected chi connectivity index (χ2v) is 4.11. The van der Waals surface area contributed by atoms with Crippen molar-refractivity contribution in [3.05, 3.63) is 47.9 Å². The highest BCUT2D eigenvalue weighted by atomic mass is 35.5. The molecule has 0 fully saturated rings. The summed E-state index contributed by atoms with van der Waals surface area (Å²) in [6.07, 6.45) is 5.07. The first-order valence-electron chi connectivity index (χ1n) is 5.09. The second kappa shape index (κ2) is 3.75. The van der Waals surface area contributed by atoms with Crippen molar-refractivity contribution in [2.24, 2.45) is 0 Å². The number of rotatable bonds is 1. The third kappa shape index (κ3) is 1.62. The monoisotopic (exact) mass is 244 g/mol. The molecule has 0 bridgehead atoms. The predicted octanol–water partition coefficient (Wildman–Crippen LogP) is 2.66. The van der Waals surface area contributed by atoms with E-state index in [9.17, 15) is 0 Å². The van der Waals surface area contributed by atoms with Gasteiger partial charge in [-0.2, -0.15) is 5.10 Å². The van der Waals surface area contributed by atoms with Crippen molar-refractivity contribution < 1.29 is 0 Å². The van der Waals surface area contributed by atoms with Crippen LogP contribution >= 0.6 is 11.6 Å². The Morgan fingerprint density at radius 1 is 1.24 bits per heavy atom. The first kappa shape index (κ1) is 10.1. The summed E-state index contributed by atoms with van der Waals surface area (Å²) < 4.78 is 1.71. The highest BCUT2D eigenvalue weighted by molar-refractivity contribution is 6.30. The van der Waals surface area contributed by atoms with Gasteiger partial charge in [-0.25, -0.2) is 4.68 Å². The molecule has 3 aromatic rings. The quantitative estimate of drug-likeness (QED) is 0.670. The number of aromatic nitrogens is 3. The Hall–Kier alpha value is -2.07. The zero-order chi connectivity index (χ0) is 11.8. The van der Waals surface area contributed by atoms with Crippen LogP contribution < -0.4 is 5.73 Å². The first-order valence-corrected chi connectivity index (χ1v) is 5.47. The van der Waals surface area contributed by atoms with Gasteiger partial charge < -0.3 is 5.73 Å². The lowest BCUT2D eigenvalue weighted by molar-refractivity contribution is 0.887. The van der Waals surface area contributed by atoms with Crippen LogP contribution in [-0.2, 0) is 0 Å². The molecule has 3 rings (SSSR count). The number of fused-ring (bicyclic) bond motifs is 1. The fourth-order valence-corrected chi connectivity index (χ4v) is 1.95. The van der Waals surface area contributed by atoms with Gasteiger partial charge >= 0.3 is 0 Å². The molecule has 1 aromatic carbocycles.